The molecule has 1 aromatic carbocycles. The molecule has 0 aliphatic heterocycles. The lowest BCUT2D eigenvalue weighted by Crippen LogP contribution is -2.11. The van der Waals surface area contributed by atoms with Gasteiger partial charge in [-0.1, -0.05) is 12.1 Å². The highest BCUT2D eigenvalue weighted by molar-refractivity contribution is 5.44. The first-order chi connectivity index (χ1) is 5.72. The molecular formula is C9H15N3. The van der Waals surface area contributed by atoms with Crippen LogP contribution in [0.25, 0.3) is 0 Å². The van der Waals surface area contributed by atoms with Gasteiger partial charge >= 0.3 is 0 Å². The van der Waals surface area contributed by atoms with Gasteiger partial charge in [0.2, 0.25) is 0 Å². The van der Waals surface area contributed by atoms with Gasteiger partial charge in [-0.05, 0) is 31.8 Å². The maximum Gasteiger partial charge on any atom is 0.0488 e. The summed E-state index contributed by atoms with van der Waals surface area (Å²) in [6.45, 7) is 0.940. The van der Waals surface area contributed by atoms with Gasteiger partial charge in [0.05, 0.1) is 0 Å². The molecule has 0 atom stereocenters. The lowest BCUT2D eigenvalue weighted by atomic mass is 10.2. The maximum absolute atomic E-state index is 5.29. The van der Waals surface area contributed by atoms with Gasteiger partial charge in [-0.2, -0.15) is 0 Å². The minimum Gasteiger partial charge on any atom is -0.324 e. The van der Waals surface area contributed by atoms with Crippen LogP contribution in [0.15, 0.2) is 24.3 Å². The predicted molar refractivity (Wildman–Crippen MR) is 51.6 cm³/mol. The molecule has 0 radical (unpaired) electrons. The summed E-state index contributed by atoms with van der Waals surface area (Å²) in [5.41, 5.74) is 4.83. The summed E-state index contributed by atoms with van der Waals surface area (Å²) >= 11 is 0. The molecule has 0 unspecified atom stereocenters. The third-order valence-electron chi connectivity index (χ3n) is 1.59. The largest absolute Gasteiger partial charge is 0.324 e. The second-order valence-electron chi connectivity index (χ2n) is 3.08. The third-order valence-corrected chi connectivity index (χ3v) is 1.59. The fourth-order valence-electron chi connectivity index (χ4n) is 1.12. The van der Waals surface area contributed by atoms with Gasteiger partial charge in [-0.25, -0.2) is 0 Å². The second-order valence-corrected chi connectivity index (χ2v) is 3.08. The predicted octanol–water partition coefficient (Wildman–Crippen LogP) is 1.03. The Morgan fingerprint density at radius 1 is 1.42 bits per heavy atom. The molecule has 0 bridgehead atoms. The summed E-state index contributed by atoms with van der Waals surface area (Å²) in [6, 6.07) is 8.06. The Hall–Kier alpha value is -1.06. The van der Waals surface area contributed by atoms with E-state index in [1.807, 2.05) is 32.3 Å². The first-order valence-corrected chi connectivity index (χ1v) is 3.92. The van der Waals surface area contributed by atoms with Crippen molar-refractivity contribution in [2.45, 2.75) is 6.54 Å². The van der Waals surface area contributed by atoms with E-state index in [1.165, 1.54) is 5.56 Å². The van der Waals surface area contributed by atoms with Crippen LogP contribution in [-0.2, 0) is 6.54 Å². The number of nitrogens with one attached hydrogen (secondary N) is 1. The number of rotatable bonds is 3. The number of nitrogens with zero attached hydrogens (tertiary/aromatic N) is 1. The second kappa shape index (κ2) is 4.09. The van der Waals surface area contributed by atoms with E-state index in [1.54, 1.807) is 0 Å². The number of benzene rings is 1. The van der Waals surface area contributed by atoms with Gasteiger partial charge in [-0.3, -0.25) is 5.84 Å². The quantitative estimate of drug-likeness (QED) is 0.519. The first kappa shape index (κ1) is 9.03. The standard InChI is InChI=1S/C9H15N3/c1-12(2)7-8-4-3-5-9(6-8)11-10/h3-6,11H,7,10H2,1-2H3. The van der Waals surface area contributed by atoms with Crippen molar-refractivity contribution in [1.82, 2.24) is 4.90 Å². The molecule has 1 rings (SSSR count). The Morgan fingerprint density at radius 3 is 2.75 bits per heavy atom. The molecule has 0 spiro atoms. The number of hydrazine groups is 1. The number of nitrogen functional groups attached to an aromatic ring is 1. The average Bonchev–Trinajstić information content (AvgIpc) is 2.03. The van der Waals surface area contributed by atoms with Crippen molar-refractivity contribution in [3.63, 3.8) is 0 Å². The molecule has 0 aromatic heterocycles. The van der Waals surface area contributed by atoms with Gasteiger partial charge in [0, 0.05) is 12.2 Å². The van der Waals surface area contributed by atoms with E-state index in [-0.39, 0.29) is 0 Å². The molecule has 3 heteroatoms. The summed E-state index contributed by atoms with van der Waals surface area (Å²) in [5, 5.41) is 0. The van der Waals surface area contributed by atoms with E-state index in [2.05, 4.69) is 16.4 Å². The lowest BCUT2D eigenvalue weighted by Gasteiger charge is -2.10. The number of hydrogen-bond donors (Lipinski definition) is 2. The van der Waals surface area contributed by atoms with Crippen molar-refractivity contribution in [3.8, 4) is 0 Å². The lowest BCUT2D eigenvalue weighted by molar-refractivity contribution is 0.402. The Kier molecular flexibility index (Phi) is 3.08. The molecule has 12 heavy (non-hydrogen) atoms. The van der Waals surface area contributed by atoms with Gasteiger partial charge in [-0.15, -0.1) is 0 Å². The van der Waals surface area contributed by atoms with E-state index < -0.39 is 0 Å². The van der Waals surface area contributed by atoms with Gasteiger partial charge < -0.3 is 10.3 Å². The zero-order valence-corrected chi connectivity index (χ0v) is 7.54. The first-order valence-electron chi connectivity index (χ1n) is 3.92. The molecule has 3 nitrogen and oxygen atoms in total. The highest BCUT2D eigenvalue weighted by atomic mass is 15.2. The highest BCUT2D eigenvalue weighted by Crippen LogP contribution is 2.09. The van der Waals surface area contributed by atoms with Gasteiger partial charge in [0.25, 0.3) is 0 Å². The molecule has 0 aliphatic carbocycles. The smallest absolute Gasteiger partial charge is 0.0488 e. The molecule has 0 fully saturated rings. The summed E-state index contributed by atoms with van der Waals surface area (Å²) < 4.78 is 0. The fraction of sp³-hybridized carbons (Fsp3) is 0.333. The van der Waals surface area contributed by atoms with E-state index in [0.29, 0.717) is 0 Å². The normalized spacial score (nSPS) is 10.3. The molecular weight excluding hydrogens is 150 g/mol. The monoisotopic (exact) mass is 165 g/mol. The van der Waals surface area contributed by atoms with Crippen LogP contribution in [0, 0.1) is 0 Å². The third kappa shape index (κ3) is 2.53. The maximum atomic E-state index is 5.29. The Bertz CT molecular complexity index is 245. The van der Waals surface area contributed by atoms with Crippen LogP contribution < -0.4 is 11.3 Å². The van der Waals surface area contributed by atoms with Crippen LogP contribution in [0.1, 0.15) is 5.56 Å². The van der Waals surface area contributed by atoms with E-state index in [9.17, 15) is 0 Å². The topological polar surface area (TPSA) is 41.3 Å². The zero-order valence-electron chi connectivity index (χ0n) is 7.54. The molecule has 1 aromatic rings. The van der Waals surface area contributed by atoms with Crippen molar-refractivity contribution in [2.24, 2.45) is 5.84 Å². The average molecular weight is 165 g/mol. The number of nitrogens with two attached hydrogens (primary N) is 1. The summed E-state index contributed by atoms with van der Waals surface area (Å²) in [4.78, 5) is 2.12. The number of anilines is 1. The summed E-state index contributed by atoms with van der Waals surface area (Å²) in [5.74, 6) is 5.29. The Balaban J connectivity index is 2.72. The molecule has 0 heterocycles. The molecule has 0 saturated heterocycles. The van der Waals surface area contributed by atoms with Crippen LogP contribution in [0.2, 0.25) is 0 Å². The van der Waals surface area contributed by atoms with Crippen molar-refractivity contribution in [1.29, 1.82) is 0 Å². The zero-order chi connectivity index (χ0) is 8.97. The van der Waals surface area contributed by atoms with Crippen molar-refractivity contribution < 1.29 is 0 Å². The number of hydrogen-bond acceptors (Lipinski definition) is 3. The molecule has 3 N–H and O–H groups in total. The summed E-state index contributed by atoms with van der Waals surface area (Å²) in [6.07, 6.45) is 0. The molecule has 0 aliphatic rings. The van der Waals surface area contributed by atoms with Crippen LogP contribution in [-0.4, -0.2) is 19.0 Å². The molecule has 66 valence electrons. The minimum atomic E-state index is 0.940. The van der Waals surface area contributed by atoms with Gasteiger partial charge in [0.1, 0.15) is 0 Å². The van der Waals surface area contributed by atoms with Gasteiger partial charge in [0.15, 0.2) is 0 Å². The van der Waals surface area contributed by atoms with Crippen molar-refractivity contribution >= 4 is 5.69 Å². The Labute approximate surface area is 73.1 Å². The van der Waals surface area contributed by atoms with E-state index >= 15 is 0 Å². The van der Waals surface area contributed by atoms with Crippen LogP contribution in [0.3, 0.4) is 0 Å². The van der Waals surface area contributed by atoms with E-state index in [0.717, 1.165) is 12.2 Å². The van der Waals surface area contributed by atoms with Crippen molar-refractivity contribution in [3.05, 3.63) is 29.8 Å². The van der Waals surface area contributed by atoms with Crippen LogP contribution in [0.5, 0.6) is 0 Å². The SMILES string of the molecule is CN(C)Cc1cccc(NN)c1. The Morgan fingerprint density at radius 2 is 2.17 bits per heavy atom. The molecule has 0 saturated carbocycles. The molecule has 0 amide bonds. The van der Waals surface area contributed by atoms with Crippen LogP contribution in [0.4, 0.5) is 5.69 Å². The van der Waals surface area contributed by atoms with Crippen LogP contribution >= 0.6 is 0 Å². The minimum absolute atomic E-state index is 0.940. The van der Waals surface area contributed by atoms with Crippen molar-refractivity contribution in [2.75, 3.05) is 19.5 Å². The summed E-state index contributed by atoms with van der Waals surface area (Å²) in [7, 11) is 4.09. The van der Waals surface area contributed by atoms with E-state index in [4.69, 9.17) is 5.84 Å². The highest BCUT2D eigenvalue weighted by Gasteiger charge is 1.95. The fourth-order valence-corrected chi connectivity index (χ4v) is 1.12.